The van der Waals surface area contributed by atoms with Gasteiger partial charge in [0.2, 0.25) is 5.91 Å². The van der Waals surface area contributed by atoms with Gasteiger partial charge in [-0.1, -0.05) is 0 Å². The van der Waals surface area contributed by atoms with Gasteiger partial charge in [0, 0.05) is 31.2 Å². The summed E-state index contributed by atoms with van der Waals surface area (Å²) in [5.41, 5.74) is 5.34. The van der Waals surface area contributed by atoms with Crippen LogP contribution in [-0.4, -0.2) is 56.6 Å². The molecule has 3 N–H and O–H groups in total. The van der Waals surface area contributed by atoms with E-state index >= 15 is 0 Å². The molecular weight excluding hydrogens is 342 g/mol. The number of piperazine rings is 1. The number of nitrogens with two attached hydrogens (primary N) is 1. The van der Waals surface area contributed by atoms with E-state index < -0.39 is 21.5 Å². The van der Waals surface area contributed by atoms with E-state index in [1.165, 1.54) is 24.3 Å². The lowest BCUT2D eigenvalue weighted by atomic mass is 10.1. The number of primary amides is 1. The highest BCUT2D eigenvalue weighted by atomic mass is 35.5. The maximum Gasteiger partial charge on any atom is 0.254 e. The molecule has 2 amide bonds. The van der Waals surface area contributed by atoms with Crippen molar-refractivity contribution in [2.24, 2.45) is 5.73 Å². The van der Waals surface area contributed by atoms with E-state index in [0.717, 1.165) is 13.1 Å². The second kappa shape index (κ2) is 7.76. The highest BCUT2D eigenvalue weighted by molar-refractivity contribution is 7.92. The van der Waals surface area contributed by atoms with Gasteiger partial charge in [0.1, 0.15) is 5.75 Å². The Morgan fingerprint density at radius 2 is 1.91 bits per heavy atom. The van der Waals surface area contributed by atoms with Gasteiger partial charge in [-0.15, -0.1) is 12.4 Å². The standard InChI is InChI=1S/C14H19N3O4S.ClH/c1-10-8-16-6-7-17(10)14(19)11-2-4-12(5-3-11)22(20,21)9-13(15)18;/h2-5,10,16H,6-9H2,1H3,(H2,15,18);1H/t10-;/m1./s1. The molecule has 0 aliphatic carbocycles. The maximum absolute atomic E-state index is 12.4. The number of halogens is 1. The highest BCUT2D eigenvalue weighted by Crippen LogP contribution is 2.15. The van der Waals surface area contributed by atoms with Crippen molar-refractivity contribution >= 4 is 34.1 Å². The van der Waals surface area contributed by atoms with Gasteiger partial charge in [0.15, 0.2) is 9.84 Å². The van der Waals surface area contributed by atoms with Crippen LogP contribution in [0.1, 0.15) is 17.3 Å². The quantitative estimate of drug-likeness (QED) is 0.771. The van der Waals surface area contributed by atoms with Gasteiger partial charge in [0.25, 0.3) is 5.91 Å². The van der Waals surface area contributed by atoms with Gasteiger partial charge in [-0.25, -0.2) is 8.42 Å². The smallest absolute Gasteiger partial charge is 0.254 e. The zero-order chi connectivity index (χ0) is 16.3. The van der Waals surface area contributed by atoms with Gasteiger partial charge in [0.05, 0.1) is 4.90 Å². The monoisotopic (exact) mass is 361 g/mol. The summed E-state index contributed by atoms with van der Waals surface area (Å²) in [5, 5.41) is 3.20. The largest absolute Gasteiger partial charge is 0.369 e. The second-order valence-corrected chi connectivity index (χ2v) is 7.29. The maximum atomic E-state index is 12.4. The zero-order valence-electron chi connectivity index (χ0n) is 12.7. The third kappa shape index (κ3) is 4.66. The lowest BCUT2D eigenvalue weighted by Crippen LogP contribution is -2.52. The highest BCUT2D eigenvalue weighted by Gasteiger charge is 2.24. The van der Waals surface area contributed by atoms with Gasteiger partial charge in [-0.2, -0.15) is 0 Å². The summed E-state index contributed by atoms with van der Waals surface area (Å²) in [6.07, 6.45) is 0. The Kier molecular flexibility index (Phi) is 6.55. The fourth-order valence-corrected chi connectivity index (χ4v) is 3.48. The number of carbonyl (C=O) groups excluding carboxylic acids is 2. The number of nitrogens with zero attached hydrogens (tertiary/aromatic N) is 1. The lowest BCUT2D eigenvalue weighted by molar-refractivity contribution is -0.115. The molecule has 1 aliphatic rings. The van der Waals surface area contributed by atoms with Gasteiger partial charge < -0.3 is 16.0 Å². The third-order valence-electron chi connectivity index (χ3n) is 3.55. The summed E-state index contributed by atoms with van der Waals surface area (Å²) < 4.78 is 23.7. The first-order valence-corrected chi connectivity index (χ1v) is 8.59. The normalized spacial score (nSPS) is 18.1. The van der Waals surface area contributed by atoms with Crippen LogP contribution in [0, 0.1) is 0 Å². The Balaban J connectivity index is 0.00000264. The van der Waals surface area contributed by atoms with Crippen molar-refractivity contribution in [2.45, 2.75) is 17.9 Å². The van der Waals surface area contributed by atoms with Crippen LogP contribution in [0.4, 0.5) is 0 Å². The zero-order valence-corrected chi connectivity index (χ0v) is 14.3. The number of sulfone groups is 1. The van der Waals surface area contributed by atoms with Crippen LogP contribution in [0.2, 0.25) is 0 Å². The molecule has 9 heteroatoms. The van der Waals surface area contributed by atoms with Crippen molar-refractivity contribution in [3.8, 4) is 0 Å². The second-order valence-electron chi connectivity index (χ2n) is 5.30. The molecular formula is C14H20ClN3O4S. The average Bonchev–Trinajstić information content (AvgIpc) is 2.46. The molecule has 1 aliphatic heterocycles. The van der Waals surface area contributed by atoms with Crippen molar-refractivity contribution in [2.75, 3.05) is 25.4 Å². The van der Waals surface area contributed by atoms with Gasteiger partial charge >= 0.3 is 0 Å². The summed E-state index contributed by atoms with van der Waals surface area (Å²) in [6, 6.07) is 5.67. The minimum atomic E-state index is -3.75. The van der Waals surface area contributed by atoms with E-state index in [-0.39, 0.29) is 29.3 Å². The first-order chi connectivity index (χ1) is 10.3. The molecule has 7 nitrogen and oxygen atoms in total. The molecule has 0 bridgehead atoms. The fraction of sp³-hybridized carbons (Fsp3) is 0.429. The summed E-state index contributed by atoms with van der Waals surface area (Å²) in [7, 11) is -3.75. The molecule has 2 rings (SSSR count). The molecule has 0 spiro atoms. The molecule has 0 radical (unpaired) electrons. The van der Waals surface area contributed by atoms with Gasteiger partial charge in [-0.3, -0.25) is 9.59 Å². The van der Waals surface area contributed by atoms with E-state index in [0.29, 0.717) is 12.1 Å². The minimum absolute atomic E-state index is 0. The molecule has 1 aromatic carbocycles. The topological polar surface area (TPSA) is 110 Å². The van der Waals surface area contributed by atoms with Crippen LogP contribution in [0.3, 0.4) is 0 Å². The van der Waals surface area contributed by atoms with Gasteiger partial charge in [-0.05, 0) is 31.2 Å². The SMILES string of the molecule is C[C@@H]1CNCCN1C(=O)c1ccc(S(=O)(=O)CC(N)=O)cc1.Cl. The Hall–Kier alpha value is -1.64. The molecule has 1 aromatic rings. The van der Waals surface area contributed by atoms with Crippen LogP contribution in [0.15, 0.2) is 29.2 Å². The molecule has 128 valence electrons. The summed E-state index contributed by atoms with van der Waals surface area (Å²) in [4.78, 5) is 24.9. The van der Waals surface area contributed by atoms with E-state index in [2.05, 4.69) is 5.32 Å². The van der Waals surface area contributed by atoms with E-state index in [4.69, 9.17) is 5.73 Å². The van der Waals surface area contributed by atoms with Crippen LogP contribution in [0.5, 0.6) is 0 Å². The molecule has 1 heterocycles. The first kappa shape index (κ1) is 19.4. The summed E-state index contributed by atoms with van der Waals surface area (Å²) in [6.45, 7) is 4.04. The molecule has 1 fully saturated rings. The van der Waals surface area contributed by atoms with Crippen LogP contribution in [-0.2, 0) is 14.6 Å². The average molecular weight is 362 g/mol. The molecule has 0 saturated carbocycles. The number of hydrogen-bond acceptors (Lipinski definition) is 5. The number of amides is 2. The molecule has 0 unspecified atom stereocenters. The van der Waals surface area contributed by atoms with Crippen LogP contribution in [0.25, 0.3) is 0 Å². The molecule has 0 aromatic heterocycles. The van der Waals surface area contributed by atoms with E-state index in [9.17, 15) is 18.0 Å². The van der Waals surface area contributed by atoms with Crippen molar-refractivity contribution in [3.05, 3.63) is 29.8 Å². The predicted molar refractivity (Wildman–Crippen MR) is 88.3 cm³/mol. The van der Waals surface area contributed by atoms with E-state index in [1.807, 2.05) is 6.92 Å². The summed E-state index contributed by atoms with van der Waals surface area (Å²) in [5.74, 6) is -1.78. The first-order valence-electron chi connectivity index (χ1n) is 6.94. The number of benzene rings is 1. The third-order valence-corrected chi connectivity index (χ3v) is 5.21. The number of carbonyl (C=O) groups is 2. The Morgan fingerprint density at radius 1 is 1.30 bits per heavy atom. The lowest BCUT2D eigenvalue weighted by Gasteiger charge is -2.34. The van der Waals surface area contributed by atoms with Crippen molar-refractivity contribution in [1.29, 1.82) is 0 Å². The fourth-order valence-electron chi connectivity index (χ4n) is 2.38. The van der Waals surface area contributed by atoms with Crippen LogP contribution >= 0.6 is 12.4 Å². The van der Waals surface area contributed by atoms with Crippen molar-refractivity contribution < 1.29 is 18.0 Å². The molecule has 1 saturated heterocycles. The summed E-state index contributed by atoms with van der Waals surface area (Å²) >= 11 is 0. The number of nitrogens with one attached hydrogen (secondary N) is 1. The minimum Gasteiger partial charge on any atom is -0.369 e. The number of rotatable bonds is 4. The van der Waals surface area contributed by atoms with Crippen LogP contribution < -0.4 is 11.1 Å². The van der Waals surface area contributed by atoms with E-state index in [1.54, 1.807) is 4.90 Å². The molecule has 1 atom stereocenters. The van der Waals surface area contributed by atoms with Crippen molar-refractivity contribution in [3.63, 3.8) is 0 Å². The predicted octanol–water partition coefficient (Wildman–Crippen LogP) is -0.199. The number of hydrogen-bond donors (Lipinski definition) is 2. The van der Waals surface area contributed by atoms with Crippen molar-refractivity contribution in [1.82, 2.24) is 10.2 Å². The molecule has 23 heavy (non-hydrogen) atoms. The Labute approximate surface area is 141 Å². The Bertz CT molecular complexity index is 676. The Morgan fingerprint density at radius 3 is 2.43 bits per heavy atom.